The molecular formula is C13H16N4O3. The molecule has 0 saturated heterocycles. The van der Waals surface area contributed by atoms with E-state index in [4.69, 9.17) is 4.42 Å². The van der Waals surface area contributed by atoms with Crippen LogP contribution in [0, 0.1) is 17.0 Å². The number of nitrogens with zero attached hydrogens (tertiary/aromatic N) is 3. The second-order valence-corrected chi connectivity index (χ2v) is 4.48. The lowest BCUT2D eigenvalue weighted by molar-refractivity contribution is -0.384. The van der Waals surface area contributed by atoms with E-state index in [-0.39, 0.29) is 11.7 Å². The second-order valence-electron chi connectivity index (χ2n) is 4.48. The quantitative estimate of drug-likeness (QED) is 0.666. The van der Waals surface area contributed by atoms with E-state index in [0.29, 0.717) is 17.3 Å². The third kappa shape index (κ3) is 2.83. The highest BCUT2D eigenvalue weighted by Crippen LogP contribution is 2.27. The Labute approximate surface area is 116 Å². The zero-order valence-corrected chi connectivity index (χ0v) is 11.6. The molecule has 0 amide bonds. The van der Waals surface area contributed by atoms with Crippen molar-refractivity contribution in [2.24, 2.45) is 0 Å². The van der Waals surface area contributed by atoms with Crippen LogP contribution in [-0.2, 0) is 0 Å². The largest absolute Gasteiger partial charge is 0.419 e. The van der Waals surface area contributed by atoms with Gasteiger partial charge in [-0.2, -0.15) is 0 Å². The summed E-state index contributed by atoms with van der Waals surface area (Å²) in [6.45, 7) is 6.53. The van der Waals surface area contributed by atoms with Crippen molar-refractivity contribution < 1.29 is 9.34 Å². The number of aromatic nitrogens is 2. The van der Waals surface area contributed by atoms with Crippen LogP contribution in [0.5, 0.6) is 0 Å². The van der Waals surface area contributed by atoms with Gasteiger partial charge in [-0.05, 0) is 26.0 Å². The first-order valence-corrected chi connectivity index (χ1v) is 6.35. The van der Waals surface area contributed by atoms with Crippen LogP contribution in [0.25, 0.3) is 11.5 Å². The molecule has 0 bridgehead atoms. The number of nitrogens with one attached hydrogen (secondary N) is 1. The van der Waals surface area contributed by atoms with Gasteiger partial charge in [0.25, 0.3) is 5.69 Å². The van der Waals surface area contributed by atoms with Crippen molar-refractivity contribution in [1.29, 1.82) is 0 Å². The van der Waals surface area contributed by atoms with Crippen molar-refractivity contribution in [1.82, 2.24) is 15.5 Å². The standard InChI is InChI=1S/C13H16N4O3/c1-4-14-9(3)12-15-16-13(20-12)11-7-10(17(18)19)6-5-8(11)2/h5-7,9,14H,4H2,1-3H3. The van der Waals surface area contributed by atoms with Crippen molar-refractivity contribution >= 4 is 5.69 Å². The Kier molecular flexibility index (Phi) is 4.09. The summed E-state index contributed by atoms with van der Waals surface area (Å²) in [5.74, 6) is 0.763. The average Bonchev–Trinajstić information content (AvgIpc) is 2.88. The lowest BCUT2D eigenvalue weighted by Gasteiger charge is -2.06. The Morgan fingerprint density at radius 1 is 1.45 bits per heavy atom. The maximum absolute atomic E-state index is 10.8. The van der Waals surface area contributed by atoms with Crippen molar-refractivity contribution in [3.8, 4) is 11.5 Å². The van der Waals surface area contributed by atoms with Crippen molar-refractivity contribution in [2.45, 2.75) is 26.8 Å². The van der Waals surface area contributed by atoms with E-state index in [0.717, 1.165) is 12.1 Å². The zero-order chi connectivity index (χ0) is 14.7. The van der Waals surface area contributed by atoms with Gasteiger partial charge >= 0.3 is 0 Å². The minimum atomic E-state index is -0.443. The first kappa shape index (κ1) is 14.1. The van der Waals surface area contributed by atoms with Crippen LogP contribution in [0.3, 0.4) is 0 Å². The minimum absolute atomic E-state index is 0.00471. The molecule has 2 rings (SSSR count). The van der Waals surface area contributed by atoms with Crippen molar-refractivity contribution in [3.05, 3.63) is 39.8 Å². The normalized spacial score (nSPS) is 12.3. The summed E-state index contributed by atoms with van der Waals surface area (Å²) in [5, 5.41) is 21.9. The van der Waals surface area contributed by atoms with Gasteiger partial charge in [0, 0.05) is 17.7 Å². The topological polar surface area (TPSA) is 94.1 Å². The molecule has 1 aromatic carbocycles. The number of rotatable bonds is 5. The predicted octanol–water partition coefficient (Wildman–Crippen LogP) is 2.62. The molecule has 1 atom stereocenters. The molecule has 0 radical (unpaired) electrons. The lowest BCUT2D eigenvalue weighted by atomic mass is 10.1. The summed E-state index contributed by atoms with van der Waals surface area (Å²) in [5.41, 5.74) is 1.44. The molecule has 0 fully saturated rings. The van der Waals surface area contributed by atoms with E-state index in [1.54, 1.807) is 6.07 Å². The number of aryl methyl sites for hydroxylation is 1. The van der Waals surface area contributed by atoms with E-state index in [9.17, 15) is 10.1 Å². The fraction of sp³-hybridized carbons (Fsp3) is 0.385. The van der Waals surface area contributed by atoms with E-state index < -0.39 is 4.92 Å². The molecule has 0 aliphatic rings. The van der Waals surface area contributed by atoms with Gasteiger partial charge in [-0.1, -0.05) is 13.0 Å². The van der Waals surface area contributed by atoms with Crippen molar-refractivity contribution in [3.63, 3.8) is 0 Å². The highest BCUT2D eigenvalue weighted by Gasteiger charge is 2.17. The Morgan fingerprint density at radius 3 is 2.85 bits per heavy atom. The Balaban J connectivity index is 2.36. The molecule has 1 heterocycles. The fourth-order valence-corrected chi connectivity index (χ4v) is 1.87. The molecule has 0 aliphatic carbocycles. The molecular weight excluding hydrogens is 260 g/mol. The summed E-state index contributed by atoms with van der Waals surface area (Å²) in [6, 6.07) is 4.52. The third-order valence-corrected chi connectivity index (χ3v) is 2.98. The number of nitro groups is 1. The van der Waals surface area contributed by atoms with Gasteiger partial charge in [0.2, 0.25) is 11.8 Å². The van der Waals surface area contributed by atoms with Gasteiger partial charge in [0.1, 0.15) is 0 Å². The predicted molar refractivity (Wildman–Crippen MR) is 73.2 cm³/mol. The van der Waals surface area contributed by atoms with E-state index in [1.165, 1.54) is 12.1 Å². The summed E-state index contributed by atoms with van der Waals surface area (Å²) < 4.78 is 5.59. The van der Waals surface area contributed by atoms with Crippen LogP contribution in [0.15, 0.2) is 22.6 Å². The van der Waals surface area contributed by atoms with Gasteiger partial charge in [-0.25, -0.2) is 0 Å². The SMILES string of the molecule is CCNC(C)c1nnc(-c2cc([N+](=O)[O-])ccc2C)o1. The first-order chi connectivity index (χ1) is 9.52. The second kappa shape index (κ2) is 5.79. The molecule has 106 valence electrons. The summed E-state index contributed by atoms with van der Waals surface area (Å²) >= 11 is 0. The molecule has 7 heteroatoms. The van der Waals surface area contributed by atoms with Crippen LogP contribution in [-0.4, -0.2) is 21.7 Å². The lowest BCUT2D eigenvalue weighted by Crippen LogP contribution is -2.17. The van der Waals surface area contributed by atoms with E-state index >= 15 is 0 Å². The smallest absolute Gasteiger partial charge is 0.270 e. The fourth-order valence-electron chi connectivity index (χ4n) is 1.87. The summed E-state index contributed by atoms with van der Waals surface area (Å²) in [6.07, 6.45) is 0. The Bertz CT molecular complexity index is 624. The zero-order valence-electron chi connectivity index (χ0n) is 11.6. The number of benzene rings is 1. The molecule has 2 aromatic rings. The van der Waals surface area contributed by atoms with Gasteiger partial charge in [-0.15, -0.1) is 10.2 Å². The third-order valence-electron chi connectivity index (χ3n) is 2.98. The highest BCUT2D eigenvalue weighted by molar-refractivity contribution is 5.62. The first-order valence-electron chi connectivity index (χ1n) is 6.35. The summed E-state index contributed by atoms with van der Waals surface area (Å²) in [7, 11) is 0. The molecule has 0 aliphatic heterocycles. The van der Waals surface area contributed by atoms with Crippen molar-refractivity contribution in [2.75, 3.05) is 6.54 Å². The maximum Gasteiger partial charge on any atom is 0.270 e. The highest BCUT2D eigenvalue weighted by atomic mass is 16.6. The van der Waals surface area contributed by atoms with Crippen LogP contribution in [0.4, 0.5) is 5.69 Å². The Hall–Kier alpha value is -2.28. The van der Waals surface area contributed by atoms with Crippen LogP contribution in [0.2, 0.25) is 0 Å². The maximum atomic E-state index is 10.8. The minimum Gasteiger partial charge on any atom is -0.419 e. The number of nitro benzene ring substituents is 1. The molecule has 0 spiro atoms. The molecule has 1 unspecified atom stereocenters. The number of hydrogen-bond donors (Lipinski definition) is 1. The van der Waals surface area contributed by atoms with Crippen LogP contribution < -0.4 is 5.32 Å². The van der Waals surface area contributed by atoms with Gasteiger partial charge in [0.05, 0.1) is 11.0 Å². The van der Waals surface area contributed by atoms with E-state index in [1.807, 2.05) is 20.8 Å². The molecule has 1 N–H and O–H groups in total. The van der Waals surface area contributed by atoms with E-state index in [2.05, 4.69) is 15.5 Å². The van der Waals surface area contributed by atoms with Gasteiger partial charge in [-0.3, -0.25) is 10.1 Å². The van der Waals surface area contributed by atoms with Crippen LogP contribution in [0.1, 0.15) is 31.3 Å². The molecule has 7 nitrogen and oxygen atoms in total. The summed E-state index contributed by atoms with van der Waals surface area (Å²) in [4.78, 5) is 10.4. The monoisotopic (exact) mass is 276 g/mol. The number of hydrogen-bond acceptors (Lipinski definition) is 6. The van der Waals surface area contributed by atoms with Crippen LogP contribution >= 0.6 is 0 Å². The van der Waals surface area contributed by atoms with Gasteiger partial charge < -0.3 is 9.73 Å². The average molecular weight is 276 g/mol. The molecule has 20 heavy (non-hydrogen) atoms. The molecule has 0 saturated carbocycles. The molecule has 1 aromatic heterocycles. The van der Waals surface area contributed by atoms with Gasteiger partial charge in [0.15, 0.2) is 0 Å². The Morgan fingerprint density at radius 2 is 2.20 bits per heavy atom. The number of non-ortho nitro benzene ring substituents is 1.